The number of nitrogens with zero attached hydrogens (tertiary/aromatic N) is 2. The van der Waals surface area contributed by atoms with Crippen LogP contribution in [0.3, 0.4) is 0 Å². The van der Waals surface area contributed by atoms with Crippen molar-refractivity contribution in [1.82, 2.24) is 15.2 Å². The summed E-state index contributed by atoms with van der Waals surface area (Å²) in [5.41, 5.74) is 0.328. The number of benzene rings is 2. The smallest absolute Gasteiger partial charge is 0.420 e. The van der Waals surface area contributed by atoms with Crippen molar-refractivity contribution in [2.24, 2.45) is 7.05 Å². The molecule has 0 bridgehead atoms. The lowest BCUT2D eigenvalue weighted by atomic mass is 10.0. The zero-order valence-electron chi connectivity index (χ0n) is 16.0. The molecule has 0 radical (unpaired) electrons. The standard InChI is InChI=1S/C20H16ClF2N5O2/c1-11-25-18-15(16-7-8-24-27-16)9-12(10-17(18)28(11)2)19(29)26-13-3-5-14(6-4-13)30-20(21,22)23/h3-10H,1-2H3,(H2,24,26,27,29)/p+1. The number of imidazole rings is 1. The zero-order chi connectivity index (χ0) is 21.5. The van der Waals surface area contributed by atoms with Crippen LogP contribution in [0.1, 0.15) is 16.2 Å². The van der Waals surface area contributed by atoms with E-state index in [1.807, 2.05) is 24.6 Å². The van der Waals surface area contributed by atoms with Gasteiger partial charge in [-0.3, -0.25) is 9.89 Å². The van der Waals surface area contributed by atoms with Crippen LogP contribution in [0.5, 0.6) is 5.75 Å². The SMILES string of the molecule is Cc1[nH]c2c(-c3ccn[nH]3)cc(C(=O)Nc3ccc(OC(F)(F)Cl)cc3)cc2[n+]1C. The Bertz CT molecular complexity index is 1210. The third-order valence-corrected chi connectivity index (χ3v) is 4.76. The van der Waals surface area contributed by atoms with Crippen molar-refractivity contribution in [2.45, 2.75) is 12.5 Å². The molecule has 0 atom stereocenters. The van der Waals surface area contributed by atoms with Gasteiger partial charge in [0.2, 0.25) is 0 Å². The average Bonchev–Trinajstić information content (AvgIpc) is 3.31. The second-order valence-electron chi connectivity index (χ2n) is 6.68. The van der Waals surface area contributed by atoms with Crippen LogP contribution < -0.4 is 14.6 Å². The van der Waals surface area contributed by atoms with Gasteiger partial charge in [0.1, 0.15) is 5.75 Å². The lowest BCUT2D eigenvalue weighted by Gasteiger charge is -2.11. The van der Waals surface area contributed by atoms with Crippen LogP contribution in [0.2, 0.25) is 0 Å². The minimum Gasteiger partial charge on any atom is -0.420 e. The Hall–Kier alpha value is -3.46. The number of aromatic amines is 2. The molecule has 0 fully saturated rings. The van der Waals surface area contributed by atoms with E-state index in [-0.39, 0.29) is 11.7 Å². The van der Waals surface area contributed by atoms with Crippen molar-refractivity contribution >= 4 is 34.2 Å². The number of halogens is 3. The summed E-state index contributed by atoms with van der Waals surface area (Å²) in [5.74, 6) is 0.452. The van der Waals surface area contributed by atoms with Gasteiger partial charge in [0.15, 0.2) is 11.0 Å². The fourth-order valence-corrected chi connectivity index (χ4v) is 3.25. The highest BCUT2D eigenvalue weighted by atomic mass is 35.5. The van der Waals surface area contributed by atoms with E-state index >= 15 is 0 Å². The molecule has 1 amide bonds. The first-order valence-electron chi connectivity index (χ1n) is 8.90. The molecular weight excluding hydrogens is 416 g/mol. The van der Waals surface area contributed by atoms with Gasteiger partial charge in [-0.25, -0.2) is 9.55 Å². The second kappa shape index (κ2) is 7.42. The molecule has 0 aliphatic rings. The monoisotopic (exact) mass is 432 g/mol. The molecule has 2 heterocycles. The summed E-state index contributed by atoms with van der Waals surface area (Å²) < 4.78 is 31.7. The zero-order valence-corrected chi connectivity index (χ0v) is 16.7. The highest BCUT2D eigenvalue weighted by Crippen LogP contribution is 2.28. The Kier molecular flexibility index (Phi) is 4.90. The van der Waals surface area contributed by atoms with Crippen molar-refractivity contribution in [3.05, 3.63) is 60.0 Å². The average molecular weight is 433 g/mol. The van der Waals surface area contributed by atoms with E-state index in [0.717, 1.165) is 28.1 Å². The number of rotatable bonds is 5. The maximum absolute atomic E-state index is 12.9. The minimum atomic E-state index is -3.80. The number of anilines is 1. The van der Waals surface area contributed by atoms with Gasteiger partial charge in [0.05, 0.1) is 18.3 Å². The molecule has 10 heteroatoms. The summed E-state index contributed by atoms with van der Waals surface area (Å²) in [6.45, 7) is 1.93. The molecule has 0 aliphatic carbocycles. The van der Waals surface area contributed by atoms with Gasteiger partial charge in [-0.05, 0) is 36.4 Å². The molecule has 0 aliphatic heterocycles. The number of aryl methyl sites for hydroxylation is 2. The first-order chi connectivity index (χ1) is 14.2. The third-order valence-electron chi connectivity index (χ3n) is 4.69. The molecule has 3 N–H and O–H groups in total. The molecule has 4 aromatic rings. The topological polar surface area (TPSA) is 86.7 Å². The molecule has 154 valence electrons. The molecule has 4 rings (SSSR count). The van der Waals surface area contributed by atoms with E-state index in [4.69, 9.17) is 11.6 Å². The predicted molar refractivity (Wildman–Crippen MR) is 108 cm³/mol. The van der Waals surface area contributed by atoms with Gasteiger partial charge in [0.25, 0.3) is 11.7 Å². The van der Waals surface area contributed by atoms with Crippen molar-refractivity contribution in [2.75, 3.05) is 5.32 Å². The van der Waals surface area contributed by atoms with E-state index in [9.17, 15) is 13.6 Å². The summed E-state index contributed by atoms with van der Waals surface area (Å²) >= 11 is 4.75. The van der Waals surface area contributed by atoms with Crippen LogP contribution in [0.25, 0.3) is 22.3 Å². The number of carbonyl (C=O) groups is 1. The Morgan fingerprint density at radius 1 is 1.23 bits per heavy atom. The maximum atomic E-state index is 12.9. The van der Waals surface area contributed by atoms with Crippen molar-refractivity contribution in [3.63, 3.8) is 0 Å². The van der Waals surface area contributed by atoms with Crippen molar-refractivity contribution in [3.8, 4) is 17.0 Å². The summed E-state index contributed by atoms with van der Waals surface area (Å²) in [5, 5.41) is 9.66. The van der Waals surface area contributed by atoms with Crippen LogP contribution in [-0.4, -0.2) is 26.7 Å². The van der Waals surface area contributed by atoms with Crippen LogP contribution >= 0.6 is 11.6 Å². The molecule has 30 heavy (non-hydrogen) atoms. The fraction of sp³-hybridized carbons (Fsp3) is 0.150. The van der Waals surface area contributed by atoms with Crippen molar-refractivity contribution < 1.29 is 22.9 Å². The summed E-state index contributed by atoms with van der Waals surface area (Å²) in [4.78, 5) is 16.2. The van der Waals surface area contributed by atoms with E-state index in [2.05, 4.69) is 25.2 Å². The largest absolute Gasteiger partial charge is 0.487 e. The maximum Gasteiger partial charge on any atom is 0.487 e. The quantitative estimate of drug-likeness (QED) is 0.327. The first kappa shape index (κ1) is 19.8. The molecule has 2 aromatic carbocycles. The number of amides is 1. The lowest BCUT2D eigenvalue weighted by molar-refractivity contribution is -0.651. The van der Waals surface area contributed by atoms with Gasteiger partial charge < -0.3 is 10.1 Å². The number of alkyl halides is 3. The van der Waals surface area contributed by atoms with Crippen LogP contribution in [0, 0.1) is 6.92 Å². The molecule has 0 unspecified atom stereocenters. The molecule has 7 nitrogen and oxygen atoms in total. The summed E-state index contributed by atoms with van der Waals surface area (Å²) in [6, 6.07) is 10.8. The molecule has 0 spiro atoms. The predicted octanol–water partition coefficient (Wildman–Crippen LogP) is 4.11. The third kappa shape index (κ3) is 3.97. The molecular formula is C20H17ClF2N5O2+. The Balaban J connectivity index is 1.66. The fourth-order valence-electron chi connectivity index (χ4n) is 3.16. The molecule has 2 aromatic heterocycles. The minimum absolute atomic E-state index is 0.120. The van der Waals surface area contributed by atoms with E-state index in [1.54, 1.807) is 18.3 Å². The van der Waals surface area contributed by atoms with Gasteiger partial charge in [-0.2, -0.15) is 5.10 Å². The normalized spacial score (nSPS) is 11.6. The van der Waals surface area contributed by atoms with Gasteiger partial charge in [0, 0.05) is 42.0 Å². The second-order valence-corrected chi connectivity index (χ2v) is 7.12. The molecule has 0 saturated carbocycles. The van der Waals surface area contributed by atoms with E-state index in [1.165, 1.54) is 24.3 Å². The number of fused-ring (bicyclic) bond motifs is 1. The Morgan fingerprint density at radius 3 is 2.60 bits per heavy atom. The van der Waals surface area contributed by atoms with Crippen LogP contribution in [0.15, 0.2) is 48.7 Å². The number of hydrogen-bond acceptors (Lipinski definition) is 3. The Morgan fingerprint density at radius 2 is 1.97 bits per heavy atom. The van der Waals surface area contributed by atoms with E-state index in [0.29, 0.717) is 11.3 Å². The number of H-pyrrole nitrogens is 2. The highest BCUT2D eigenvalue weighted by molar-refractivity contribution is 6.20. The number of ether oxygens (including phenoxy) is 1. The number of carbonyl (C=O) groups excluding carboxylic acids is 1. The number of hydrogen-bond donors (Lipinski definition) is 3. The number of aromatic nitrogens is 4. The molecule has 0 saturated heterocycles. The van der Waals surface area contributed by atoms with Crippen molar-refractivity contribution in [1.29, 1.82) is 0 Å². The summed E-state index contributed by atoms with van der Waals surface area (Å²) in [7, 11) is 1.90. The first-order valence-corrected chi connectivity index (χ1v) is 9.28. The van der Waals surface area contributed by atoms with Gasteiger partial charge in [-0.1, -0.05) is 0 Å². The van der Waals surface area contributed by atoms with Gasteiger partial charge in [-0.15, -0.1) is 8.78 Å². The number of nitrogens with one attached hydrogen (secondary N) is 3. The Labute approximate surface area is 174 Å². The van der Waals surface area contributed by atoms with E-state index < -0.39 is 5.57 Å². The lowest BCUT2D eigenvalue weighted by Crippen LogP contribution is -2.29. The summed E-state index contributed by atoms with van der Waals surface area (Å²) in [6.07, 6.45) is 1.64. The van der Waals surface area contributed by atoms with Gasteiger partial charge >= 0.3 is 5.57 Å². The highest BCUT2D eigenvalue weighted by Gasteiger charge is 2.27. The van der Waals surface area contributed by atoms with Crippen LogP contribution in [-0.2, 0) is 7.05 Å². The van der Waals surface area contributed by atoms with Crippen LogP contribution in [0.4, 0.5) is 14.5 Å².